The molecule has 0 atom stereocenters. The molecule has 1 saturated carbocycles. The second-order valence-electron chi connectivity index (χ2n) is 6.44. The largest absolute Gasteiger partial charge is 0.377 e. The van der Waals surface area contributed by atoms with Crippen molar-refractivity contribution in [2.24, 2.45) is 10.9 Å². The fourth-order valence-electron chi connectivity index (χ4n) is 2.47. The van der Waals surface area contributed by atoms with E-state index in [9.17, 15) is 4.79 Å². The van der Waals surface area contributed by atoms with Gasteiger partial charge in [-0.2, -0.15) is 0 Å². The van der Waals surface area contributed by atoms with E-state index in [0.717, 1.165) is 18.8 Å². The fraction of sp³-hybridized carbons (Fsp3) is 0.875. The van der Waals surface area contributed by atoms with Crippen molar-refractivity contribution in [2.75, 3.05) is 33.8 Å². The molecule has 3 N–H and O–H groups in total. The third-order valence-corrected chi connectivity index (χ3v) is 4.15. The lowest BCUT2D eigenvalue weighted by molar-refractivity contribution is -0.125. The number of carbonyl (C=O) groups excluding carboxylic acids is 1. The van der Waals surface area contributed by atoms with Crippen LogP contribution in [0, 0.1) is 5.92 Å². The second kappa shape index (κ2) is 11.9. The molecule has 0 saturated heterocycles. The molecule has 0 aromatic heterocycles. The van der Waals surface area contributed by atoms with E-state index in [4.69, 9.17) is 4.74 Å². The highest BCUT2D eigenvalue weighted by atomic mass is 127. The van der Waals surface area contributed by atoms with Gasteiger partial charge in [-0.15, -0.1) is 24.0 Å². The molecular formula is C16H33IN4O2. The number of guanidine groups is 1. The Morgan fingerprint density at radius 1 is 1.13 bits per heavy atom. The van der Waals surface area contributed by atoms with Crippen molar-refractivity contribution in [2.45, 2.75) is 51.6 Å². The summed E-state index contributed by atoms with van der Waals surface area (Å²) in [5, 5.41) is 9.41. The number of hydrogen-bond donors (Lipinski definition) is 3. The molecule has 1 aliphatic carbocycles. The highest BCUT2D eigenvalue weighted by Gasteiger charge is 2.20. The van der Waals surface area contributed by atoms with E-state index < -0.39 is 0 Å². The van der Waals surface area contributed by atoms with E-state index in [2.05, 4.69) is 20.9 Å². The molecule has 0 aromatic rings. The van der Waals surface area contributed by atoms with Gasteiger partial charge in [0.1, 0.15) is 0 Å². The van der Waals surface area contributed by atoms with Crippen LogP contribution in [0.2, 0.25) is 0 Å². The van der Waals surface area contributed by atoms with E-state index in [1.165, 1.54) is 19.3 Å². The van der Waals surface area contributed by atoms with Crippen molar-refractivity contribution in [3.8, 4) is 0 Å². The number of halogens is 1. The Balaban J connectivity index is 0.00000484. The molecule has 0 radical (unpaired) electrons. The number of aliphatic imine (C=N–C) groups is 1. The number of carbonyl (C=O) groups is 1. The highest BCUT2D eigenvalue weighted by Crippen LogP contribution is 2.23. The van der Waals surface area contributed by atoms with Crippen LogP contribution < -0.4 is 16.0 Å². The van der Waals surface area contributed by atoms with Gasteiger partial charge in [-0.3, -0.25) is 9.79 Å². The lowest BCUT2D eigenvalue weighted by atomic mass is 9.89. The predicted octanol–water partition coefficient (Wildman–Crippen LogP) is 1.89. The van der Waals surface area contributed by atoms with Crippen molar-refractivity contribution in [3.05, 3.63) is 0 Å². The lowest BCUT2D eigenvalue weighted by Gasteiger charge is -2.24. The fourth-order valence-corrected chi connectivity index (χ4v) is 2.47. The van der Waals surface area contributed by atoms with Gasteiger partial charge in [0.05, 0.1) is 5.60 Å². The molecule has 0 aliphatic heterocycles. The monoisotopic (exact) mass is 440 g/mol. The third-order valence-electron chi connectivity index (χ3n) is 4.15. The molecule has 0 unspecified atom stereocenters. The summed E-state index contributed by atoms with van der Waals surface area (Å²) in [5.41, 5.74) is -0.243. The molecule has 7 heteroatoms. The summed E-state index contributed by atoms with van der Waals surface area (Å²) in [6.45, 7) is 5.96. The van der Waals surface area contributed by atoms with Gasteiger partial charge in [-0.05, 0) is 26.7 Å². The van der Waals surface area contributed by atoms with Gasteiger partial charge in [0, 0.05) is 39.7 Å². The van der Waals surface area contributed by atoms with E-state index in [1.807, 2.05) is 13.8 Å². The Labute approximate surface area is 157 Å². The zero-order valence-electron chi connectivity index (χ0n) is 14.9. The maximum absolute atomic E-state index is 12.0. The Morgan fingerprint density at radius 2 is 1.74 bits per heavy atom. The average molecular weight is 440 g/mol. The summed E-state index contributed by atoms with van der Waals surface area (Å²) >= 11 is 0. The van der Waals surface area contributed by atoms with Gasteiger partial charge in [-0.1, -0.05) is 19.3 Å². The van der Waals surface area contributed by atoms with Gasteiger partial charge in [0.2, 0.25) is 5.91 Å². The summed E-state index contributed by atoms with van der Waals surface area (Å²) in [6.07, 6.45) is 5.71. The first-order valence-corrected chi connectivity index (χ1v) is 8.26. The standard InChI is InChI=1S/C16H32N4O2.HI/c1-16(2,22-4)12-20-15(17-3)19-11-10-18-14(21)13-8-6-5-7-9-13;/h13H,5-12H2,1-4H3,(H,18,21)(H2,17,19,20);1H. The van der Waals surface area contributed by atoms with Gasteiger partial charge in [-0.25, -0.2) is 0 Å². The summed E-state index contributed by atoms with van der Waals surface area (Å²) in [7, 11) is 3.43. The first-order chi connectivity index (χ1) is 10.5. The number of amides is 1. The van der Waals surface area contributed by atoms with Crippen LogP contribution in [-0.4, -0.2) is 51.3 Å². The summed E-state index contributed by atoms with van der Waals surface area (Å²) < 4.78 is 5.35. The van der Waals surface area contributed by atoms with Crippen molar-refractivity contribution in [1.29, 1.82) is 0 Å². The minimum Gasteiger partial charge on any atom is -0.377 e. The molecule has 0 bridgehead atoms. The number of nitrogens with zero attached hydrogens (tertiary/aromatic N) is 1. The second-order valence-corrected chi connectivity index (χ2v) is 6.44. The molecule has 23 heavy (non-hydrogen) atoms. The number of hydrogen-bond acceptors (Lipinski definition) is 3. The molecule has 6 nitrogen and oxygen atoms in total. The molecule has 0 spiro atoms. The number of nitrogens with one attached hydrogen (secondary N) is 3. The van der Waals surface area contributed by atoms with E-state index in [-0.39, 0.29) is 41.4 Å². The zero-order chi connectivity index (χ0) is 16.4. The summed E-state index contributed by atoms with van der Waals surface area (Å²) in [5.74, 6) is 1.13. The number of ether oxygens (including phenoxy) is 1. The van der Waals surface area contributed by atoms with Crippen LogP contribution >= 0.6 is 24.0 Å². The predicted molar refractivity (Wildman–Crippen MR) is 105 cm³/mol. The van der Waals surface area contributed by atoms with Crippen LogP contribution in [0.3, 0.4) is 0 Å². The van der Waals surface area contributed by atoms with Crippen LogP contribution in [0.15, 0.2) is 4.99 Å². The van der Waals surface area contributed by atoms with Crippen LogP contribution in [0.4, 0.5) is 0 Å². The first-order valence-electron chi connectivity index (χ1n) is 8.26. The molecule has 0 aromatic carbocycles. The molecule has 136 valence electrons. The Kier molecular flexibility index (Phi) is 11.6. The molecule has 0 heterocycles. The minimum absolute atomic E-state index is 0. The van der Waals surface area contributed by atoms with Gasteiger partial charge in [0.15, 0.2) is 5.96 Å². The average Bonchev–Trinajstić information content (AvgIpc) is 2.54. The number of methoxy groups -OCH3 is 1. The normalized spacial score (nSPS) is 16.4. The summed E-state index contributed by atoms with van der Waals surface area (Å²) in [6, 6.07) is 0. The third kappa shape index (κ3) is 9.34. The van der Waals surface area contributed by atoms with Crippen molar-refractivity contribution >= 4 is 35.8 Å². The van der Waals surface area contributed by atoms with Gasteiger partial charge >= 0.3 is 0 Å². The van der Waals surface area contributed by atoms with Crippen LogP contribution in [0.25, 0.3) is 0 Å². The van der Waals surface area contributed by atoms with Crippen molar-refractivity contribution in [1.82, 2.24) is 16.0 Å². The van der Waals surface area contributed by atoms with Crippen LogP contribution in [-0.2, 0) is 9.53 Å². The Hall–Kier alpha value is -0.570. The van der Waals surface area contributed by atoms with Crippen LogP contribution in [0.1, 0.15) is 46.0 Å². The van der Waals surface area contributed by atoms with E-state index in [0.29, 0.717) is 19.6 Å². The van der Waals surface area contributed by atoms with Crippen molar-refractivity contribution in [3.63, 3.8) is 0 Å². The molecular weight excluding hydrogens is 407 g/mol. The summed E-state index contributed by atoms with van der Waals surface area (Å²) in [4.78, 5) is 16.2. The maximum Gasteiger partial charge on any atom is 0.223 e. The lowest BCUT2D eigenvalue weighted by Crippen LogP contribution is -2.47. The minimum atomic E-state index is -0.243. The molecule has 1 aliphatic rings. The van der Waals surface area contributed by atoms with Gasteiger partial charge in [0.25, 0.3) is 0 Å². The SMILES string of the molecule is CN=C(NCCNC(=O)C1CCCCC1)NCC(C)(C)OC.I. The molecule has 1 rings (SSSR count). The van der Waals surface area contributed by atoms with Gasteiger partial charge < -0.3 is 20.7 Å². The zero-order valence-corrected chi connectivity index (χ0v) is 17.2. The quantitative estimate of drug-likeness (QED) is 0.245. The maximum atomic E-state index is 12.0. The molecule has 1 amide bonds. The van der Waals surface area contributed by atoms with E-state index >= 15 is 0 Å². The van der Waals surface area contributed by atoms with Crippen LogP contribution in [0.5, 0.6) is 0 Å². The smallest absolute Gasteiger partial charge is 0.223 e. The van der Waals surface area contributed by atoms with Crippen molar-refractivity contribution < 1.29 is 9.53 Å². The Morgan fingerprint density at radius 3 is 2.30 bits per heavy atom. The van der Waals surface area contributed by atoms with E-state index in [1.54, 1.807) is 14.2 Å². The number of rotatable bonds is 7. The topological polar surface area (TPSA) is 74.8 Å². The highest BCUT2D eigenvalue weighted by molar-refractivity contribution is 14.0. The Bertz CT molecular complexity index is 369. The molecule has 1 fully saturated rings. The first kappa shape index (κ1) is 22.4.